The van der Waals surface area contributed by atoms with E-state index in [4.69, 9.17) is 16.9 Å². The Morgan fingerprint density at radius 2 is 2.25 bits per heavy atom. The molecule has 0 fully saturated rings. The van der Waals surface area contributed by atoms with Gasteiger partial charge in [-0.1, -0.05) is 17.5 Å². The Hall–Kier alpha value is -1.88. The average Bonchev–Trinajstić information content (AvgIpc) is 2.68. The Kier molecular flexibility index (Phi) is 3.16. The SMILES string of the molecule is N#Cc1c(Cl)nsc1C#Cc1cccnc1. The summed E-state index contributed by atoms with van der Waals surface area (Å²) in [5.74, 6) is 5.76. The number of halogens is 1. The predicted molar refractivity (Wildman–Crippen MR) is 62.1 cm³/mol. The molecule has 0 aliphatic rings. The number of rotatable bonds is 0. The quantitative estimate of drug-likeness (QED) is 0.670. The first-order valence-electron chi connectivity index (χ1n) is 4.28. The van der Waals surface area contributed by atoms with Gasteiger partial charge in [-0.3, -0.25) is 4.98 Å². The minimum atomic E-state index is 0.211. The molecule has 0 saturated carbocycles. The molecular weight excluding hydrogens is 242 g/mol. The molecule has 0 aliphatic heterocycles. The second kappa shape index (κ2) is 4.76. The molecule has 2 aromatic rings. The maximum Gasteiger partial charge on any atom is 0.161 e. The minimum Gasteiger partial charge on any atom is -0.263 e. The molecule has 2 rings (SSSR count). The van der Waals surface area contributed by atoms with Crippen molar-refractivity contribution in [2.24, 2.45) is 0 Å². The van der Waals surface area contributed by atoms with Crippen molar-refractivity contribution in [3.05, 3.63) is 45.7 Å². The number of hydrogen-bond donors (Lipinski definition) is 0. The third kappa shape index (κ3) is 2.20. The zero-order chi connectivity index (χ0) is 11.4. The van der Waals surface area contributed by atoms with Crippen LogP contribution in [0.1, 0.15) is 16.0 Å². The van der Waals surface area contributed by atoms with Gasteiger partial charge in [0.1, 0.15) is 16.5 Å². The van der Waals surface area contributed by atoms with Crippen molar-refractivity contribution in [2.75, 3.05) is 0 Å². The number of nitriles is 1. The van der Waals surface area contributed by atoms with Crippen LogP contribution in [0.15, 0.2) is 24.5 Å². The van der Waals surface area contributed by atoms with Gasteiger partial charge >= 0.3 is 0 Å². The van der Waals surface area contributed by atoms with E-state index in [1.54, 1.807) is 18.5 Å². The molecule has 0 N–H and O–H groups in total. The summed E-state index contributed by atoms with van der Waals surface area (Å²) in [6, 6.07) is 5.62. The van der Waals surface area contributed by atoms with Gasteiger partial charge in [-0.05, 0) is 29.6 Å². The molecule has 0 aliphatic carbocycles. The Bertz CT molecular complexity index is 602. The maximum atomic E-state index is 8.84. The molecule has 0 unspecified atom stereocenters. The molecule has 0 spiro atoms. The van der Waals surface area contributed by atoms with Gasteiger partial charge in [-0.15, -0.1) is 0 Å². The van der Waals surface area contributed by atoms with E-state index in [0.717, 1.165) is 17.1 Å². The third-order valence-electron chi connectivity index (χ3n) is 1.74. The summed E-state index contributed by atoms with van der Waals surface area (Å²) in [6.07, 6.45) is 3.33. The molecule has 0 aromatic carbocycles. The first kappa shape index (κ1) is 10.6. The topological polar surface area (TPSA) is 49.6 Å². The molecule has 2 aromatic heterocycles. The summed E-state index contributed by atoms with van der Waals surface area (Å²) in [4.78, 5) is 4.52. The van der Waals surface area contributed by atoms with Crippen LogP contribution in [0.4, 0.5) is 0 Å². The van der Waals surface area contributed by atoms with Crippen LogP contribution in [0.5, 0.6) is 0 Å². The van der Waals surface area contributed by atoms with E-state index in [0.29, 0.717) is 10.4 Å². The molecule has 0 saturated heterocycles. The fourth-order valence-electron chi connectivity index (χ4n) is 1.02. The Morgan fingerprint density at radius 1 is 1.38 bits per heavy atom. The van der Waals surface area contributed by atoms with Crippen LogP contribution in [0, 0.1) is 23.2 Å². The molecule has 0 atom stereocenters. The van der Waals surface area contributed by atoms with Crippen molar-refractivity contribution in [3.8, 4) is 17.9 Å². The highest BCUT2D eigenvalue weighted by Crippen LogP contribution is 2.21. The Morgan fingerprint density at radius 3 is 2.94 bits per heavy atom. The number of pyridine rings is 1. The van der Waals surface area contributed by atoms with Crippen molar-refractivity contribution in [3.63, 3.8) is 0 Å². The van der Waals surface area contributed by atoms with E-state index in [1.165, 1.54) is 0 Å². The number of hydrogen-bond acceptors (Lipinski definition) is 4. The van der Waals surface area contributed by atoms with Gasteiger partial charge in [0.2, 0.25) is 0 Å². The van der Waals surface area contributed by atoms with Gasteiger partial charge in [0.25, 0.3) is 0 Å². The van der Waals surface area contributed by atoms with Crippen molar-refractivity contribution >= 4 is 23.1 Å². The zero-order valence-corrected chi connectivity index (χ0v) is 9.51. The molecule has 5 heteroatoms. The van der Waals surface area contributed by atoms with Gasteiger partial charge < -0.3 is 0 Å². The molecule has 0 amide bonds. The van der Waals surface area contributed by atoms with E-state index < -0.39 is 0 Å². The lowest BCUT2D eigenvalue weighted by Gasteiger charge is -1.85. The van der Waals surface area contributed by atoms with Gasteiger partial charge in [-0.2, -0.15) is 9.64 Å². The van der Waals surface area contributed by atoms with Crippen molar-refractivity contribution < 1.29 is 0 Å². The third-order valence-corrected chi connectivity index (χ3v) is 2.88. The van der Waals surface area contributed by atoms with E-state index in [1.807, 2.05) is 12.1 Å². The van der Waals surface area contributed by atoms with E-state index in [9.17, 15) is 0 Å². The van der Waals surface area contributed by atoms with Crippen LogP contribution in [-0.4, -0.2) is 9.36 Å². The monoisotopic (exact) mass is 245 g/mol. The lowest BCUT2D eigenvalue weighted by Crippen LogP contribution is -1.77. The lowest BCUT2D eigenvalue weighted by atomic mass is 10.2. The predicted octanol–water partition coefficient (Wildman–Crippen LogP) is 2.46. The Balaban J connectivity index is 2.36. The van der Waals surface area contributed by atoms with Gasteiger partial charge in [0, 0.05) is 18.0 Å². The normalized spacial score (nSPS) is 9.00. The summed E-state index contributed by atoms with van der Waals surface area (Å²) in [5.41, 5.74) is 1.12. The highest BCUT2D eigenvalue weighted by molar-refractivity contribution is 7.07. The molecule has 0 bridgehead atoms. The van der Waals surface area contributed by atoms with Crippen molar-refractivity contribution in [1.82, 2.24) is 9.36 Å². The van der Waals surface area contributed by atoms with E-state index in [2.05, 4.69) is 21.2 Å². The van der Waals surface area contributed by atoms with Crippen LogP contribution in [0.3, 0.4) is 0 Å². The summed E-state index contributed by atoms with van der Waals surface area (Å²) in [7, 11) is 0. The molecule has 2 heterocycles. The smallest absolute Gasteiger partial charge is 0.161 e. The van der Waals surface area contributed by atoms with Crippen molar-refractivity contribution in [2.45, 2.75) is 0 Å². The van der Waals surface area contributed by atoms with Crippen LogP contribution in [0.2, 0.25) is 5.15 Å². The first-order valence-corrected chi connectivity index (χ1v) is 5.43. The molecule has 16 heavy (non-hydrogen) atoms. The molecule has 0 radical (unpaired) electrons. The fraction of sp³-hybridized carbons (Fsp3) is 0. The highest BCUT2D eigenvalue weighted by Gasteiger charge is 2.08. The summed E-state index contributed by atoms with van der Waals surface area (Å²) in [5, 5.41) is 9.05. The summed E-state index contributed by atoms with van der Waals surface area (Å²) >= 11 is 6.85. The van der Waals surface area contributed by atoms with E-state index >= 15 is 0 Å². The Labute approximate surface area is 101 Å². The number of nitrogens with zero attached hydrogens (tertiary/aromatic N) is 3. The van der Waals surface area contributed by atoms with Crippen LogP contribution < -0.4 is 0 Å². The summed E-state index contributed by atoms with van der Waals surface area (Å²) in [6.45, 7) is 0. The molecular formula is C11H4ClN3S. The van der Waals surface area contributed by atoms with Crippen molar-refractivity contribution in [1.29, 1.82) is 5.26 Å². The highest BCUT2D eigenvalue weighted by atomic mass is 35.5. The molecule has 3 nitrogen and oxygen atoms in total. The van der Waals surface area contributed by atoms with Gasteiger partial charge in [0.05, 0.1) is 0 Å². The van der Waals surface area contributed by atoms with E-state index in [-0.39, 0.29) is 5.15 Å². The summed E-state index contributed by atoms with van der Waals surface area (Å²) < 4.78 is 3.87. The number of aromatic nitrogens is 2. The first-order chi connectivity index (χ1) is 7.81. The van der Waals surface area contributed by atoms with Crippen LogP contribution >= 0.6 is 23.1 Å². The lowest BCUT2D eigenvalue weighted by molar-refractivity contribution is 1.31. The van der Waals surface area contributed by atoms with Crippen LogP contribution in [-0.2, 0) is 0 Å². The maximum absolute atomic E-state index is 8.84. The molecule has 76 valence electrons. The zero-order valence-electron chi connectivity index (χ0n) is 7.94. The standard InChI is InChI=1S/C11H4ClN3S/c12-11-9(6-13)10(16-15-11)4-3-8-2-1-5-14-7-8/h1-2,5,7H. The fourth-order valence-corrected chi connectivity index (χ4v) is 1.91. The van der Waals surface area contributed by atoms with Gasteiger partial charge in [-0.25, -0.2) is 0 Å². The van der Waals surface area contributed by atoms with Gasteiger partial charge in [0.15, 0.2) is 5.15 Å². The largest absolute Gasteiger partial charge is 0.263 e. The second-order valence-corrected chi connectivity index (χ2v) is 3.91. The van der Waals surface area contributed by atoms with Crippen LogP contribution in [0.25, 0.3) is 0 Å². The minimum absolute atomic E-state index is 0.211. The average molecular weight is 246 g/mol. The second-order valence-electron chi connectivity index (χ2n) is 2.78.